The van der Waals surface area contributed by atoms with Gasteiger partial charge < -0.3 is 15.8 Å². The molecule has 0 bridgehead atoms. The summed E-state index contributed by atoms with van der Waals surface area (Å²) < 4.78 is 29.6. The molecule has 35 heavy (non-hydrogen) atoms. The SMILES string of the molecule is Cc1nc(N)nc(-c2cc(C(C)N3CCOCC3)cnc2Nc2cnc(Cl)c(CN[SH](=O)=O)c2)n1. The van der Waals surface area contributed by atoms with Crippen LogP contribution >= 0.6 is 11.6 Å². The van der Waals surface area contributed by atoms with Crippen LogP contribution in [0.5, 0.6) is 0 Å². The van der Waals surface area contributed by atoms with E-state index in [2.05, 4.69) is 46.8 Å². The fourth-order valence-electron chi connectivity index (χ4n) is 3.75. The summed E-state index contributed by atoms with van der Waals surface area (Å²) in [4.78, 5) is 24.0. The number of hydrogen-bond acceptors (Lipinski definition) is 11. The Morgan fingerprint density at radius 2 is 1.94 bits per heavy atom. The number of ether oxygens (including phenoxy) is 1. The Morgan fingerprint density at radius 3 is 2.66 bits per heavy atom. The molecule has 4 N–H and O–H groups in total. The van der Waals surface area contributed by atoms with Gasteiger partial charge in [0, 0.05) is 37.4 Å². The number of thiol groups is 1. The number of aromatic nitrogens is 5. The first-order chi connectivity index (χ1) is 16.8. The lowest BCUT2D eigenvalue weighted by Crippen LogP contribution is -2.38. The maximum atomic E-state index is 10.9. The fourth-order valence-corrected chi connectivity index (χ4v) is 4.22. The lowest BCUT2D eigenvalue weighted by Gasteiger charge is -2.32. The van der Waals surface area contributed by atoms with Crippen molar-refractivity contribution in [1.82, 2.24) is 34.5 Å². The molecule has 0 saturated carbocycles. The summed E-state index contributed by atoms with van der Waals surface area (Å²) in [6.07, 6.45) is 3.34. The molecule has 1 unspecified atom stereocenters. The molecule has 0 spiro atoms. The van der Waals surface area contributed by atoms with E-state index >= 15 is 0 Å². The van der Waals surface area contributed by atoms with Crippen molar-refractivity contribution in [2.24, 2.45) is 0 Å². The lowest BCUT2D eigenvalue weighted by atomic mass is 10.1. The van der Waals surface area contributed by atoms with Crippen LogP contribution in [0, 0.1) is 6.92 Å². The highest BCUT2D eigenvalue weighted by Crippen LogP contribution is 2.31. The van der Waals surface area contributed by atoms with E-state index in [0.717, 1.165) is 18.7 Å². The van der Waals surface area contributed by atoms with Gasteiger partial charge in [-0.2, -0.15) is 9.97 Å². The van der Waals surface area contributed by atoms with Crippen LogP contribution < -0.4 is 15.8 Å². The minimum absolute atomic E-state index is 0.0134. The van der Waals surface area contributed by atoms with Gasteiger partial charge in [-0.15, -0.1) is 0 Å². The van der Waals surface area contributed by atoms with Crippen molar-refractivity contribution in [2.75, 3.05) is 37.4 Å². The molecule has 1 aliphatic heterocycles. The van der Waals surface area contributed by atoms with Gasteiger partial charge in [0.2, 0.25) is 16.8 Å². The zero-order chi connectivity index (χ0) is 24.9. The van der Waals surface area contributed by atoms with Gasteiger partial charge in [-0.3, -0.25) is 4.90 Å². The van der Waals surface area contributed by atoms with Gasteiger partial charge >= 0.3 is 0 Å². The number of morpholine rings is 1. The summed E-state index contributed by atoms with van der Waals surface area (Å²) in [6, 6.07) is 3.78. The van der Waals surface area contributed by atoms with Crippen LogP contribution in [0.15, 0.2) is 24.5 Å². The van der Waals surface area contributed by atoms with E-state index in [1.165, 1.54) is 6.20 Å². The third-order valence-corrected chi connectivity index (χ3v) is 6.32. The molecule has 12 nitrogen and oxygen atoms in total. The topological polar surface area (TPSA) is 161 Å². The van der Waals surface area contributed by atoms with Gasteiger partial charge in [-0.1, -0.05) is 11.6 Å². The van der Waals surface area contributed by atoms with Crippen LogP contribution in [0.3, 0.4) is 0 Å². The zero-order valence-corrected chi connectivity index (χ0v) is 20.9. The van der Waals surface area contributed by atoms with Gasteiger partial charge in [0.1, 0.15) is 16.8 Å². The number of rotatable bonds is 8. The van der Waals surface area contributed by atoms with Gasteiger partial charge in [-0.05, 0) is 31.5 Å². The van der Waals surface area contributed by atoms with Crippen molar-refractivity contribution >= 4 is 39.9 Å². The van der Waals surface area contributed by atoms with Crippen molar-refractivity contribution < 1.29 is 13.2 Å². The van der Waals surface area contributed by atoms with Gasteiger partial charge in [0.05, 0.1) is 30.7 Å². The maximum absolute atomic E-state index is 10.9. The number of nitrogen functional groups attached to an aromatic ring is 1. The molecule has 0 amide bonds. The van der Waals surface area contributed by atoms with Crippen molar-refractivity contribution in [3.05, 3.63) is 46.6 Å². The summed E-state index contributed by atoms with van der Waals surface area (Å²) >= 11 is 6.13. The first kappa shape index (κ1) is 25.1. The minimum atomic E-state index is -2.77. The van der Waals surface area contributed by atoms with Gasteiger partial charge in [0.25, 0.3) is 0 Å². The van der Waals surface area contributed by atoms with Crippen LogP contribution in [-0.4, -0.2) is 64.5 Å². The number of nitrogens with one attached hydrogen (secondary N) is 2. The molecule has 14 heteroatoms. The van der Waals surface area contributed by atoms with Gasteiger partial charge in [-0.25, -0.2) is 28.1 Å². The molecule has 186 valence electrons. The number of nitrogens with zero attached hydrogens (tertiary/aromatic N) is 6. The number of aryl methyl sites for hydroxylation is 1. The van der Waals surface area contributed by atoms with Crippen LogP contribution in [0.2, 0.25) is 5.15 Å². The number of nitrogens with two attached hydrogens (primary N) is 1. The van der Waals surface area contributed by atoms with E-state index in [-0.39, 0.29) is 23.7 Å². The third kappa shape index (κ3) is 6.38. The predicted molar refractivity (Wildman–Crippen MR) is 133 cm³/mol. The van der Waals surface area contributed by atoms with Crippen molar-refractivity contribution in [2.45, 2.75) is 26.4 Å². The average Bonchev–Trinajstić information content (AvgIpc) is 2.84. The summed E-state index contributed by atoms with van der Waals surface area (Å²) in [5.41, 5.74) is 8.60. The smallest absolute Gasteiger partial charge is 0.223 e. The number of hydrogen-bond donors (Lipinski definition) is 4. The van der Waals surface area contributed by atoms with E-state index in [1.807, 2.05) is 6.07 Å². The minimum Gasteiger partial charge on any atom is -0.379 e. The summed E-state index contributed by atoms with van der Waals surface area (Å²) in [5.74, 6) is 1.45. The maximum Gasteiger partial charge on any atom is 0.223 e. The second kappa shape index (κ2) is 11.2. The first-order valence-electron chi connectivity index (χ1n) is 10.9. The monoisotopic (exact) mass is 519 g/mol. The molecular formula is C21H26ClN9O3S. The molecule has 3 aromatic heterocycles. The Hall–Kier alpha value is -2.97. The largest absolute Gasteiger partial charge is 0.379 e. The second-order valence-electron chi connectivity index (χ2n) is 7.94. The molecule has 0 aliphatic carbocycles. The highest BCUT2D eigenvalue weighted by molar-refractivity contribution is 7.70. The fraction of sp³-hybridized carbons (Fsp3) is 0.381. The number of pyridine rings is 2. The van der Waals surface area contributed by atoms with Crippen LogP contribution in [-0.2, 0) is 22.2 Å². The third-order valence-electron chi connectivity index (χ3n) is 5.56. The summed E-state index contributed by atoms with van der Waals surface area (Å²) in [5, 5.41) is 3.42. The Morgan fingerprint density at radius 1 is 1.17 bits per heavy atom. The molecule has 3 aromatic rings. The van der Waals surface area contributed by atoms with E-state index < -0.39 is 10.9 Å². The van der Waals surface area contributed by atoms with Crippen LogP contribution in [0.1, 0.15) is 29.9 Å². The first-order valence-corrected chi connectivity index (χ1v) is 12.5. The average molecular weight is 520 g/mol. The van der Waals surface area contributed by atoms with E-state index in [4.69, 9.17) is 22.1 Å². The molecule has 1 saturated heterocycles. The number of halogens is 1. The van der Waals surface area contributed by atoms with Crippen LogP contribution in [0.4, 0.5) is 17.5 Å². The Bertz CT molecular complexity index is 1260. The summed E-state index contributed by atoms with van der Waals surface area (Å²) in [7, 11) is -2.77. The molecule has 0 radical (unpaired) electrons. The van der Waals surface area contributed by atoms with Crippen LogP contribution in [0.25, 0.3) is 11.4 Å². The Kier molecular flexibility index (Phi) is 8.03. The predicted octanol–water partition coefficient (Wildman–Crippen LogP) is 1.63. The molecule has 4 rings (SSSR count). The quantitative estimate of drug-likeness (QED) is 0.253. The van der Waals surface area contributed by atoms with Gasteiger partial charge in [0.15, 0.2) is 5.82 Å². The second-order valence-corrected chi connectivity index (χ2v) is 9.13. The van der Waals surface area contributed by atoms with E-state index in [9.17, 15) is 8.42 Å². The van der Waals surface area contributed by atoms with E-state index in [1.54, 1.807) is 19.2 Å². The lowest BCUT2D eigenvalue weighted by molar-refractivity contribution is 0.0198. The van der Waals surface area contributed by atoms with Crippen molar-refractivity contribution in [3.8, 4) is 11.4 Å². The van der Waals surface area contributed by atoms with Crippen molar-refractivity contribution in [3.63, 3.8) is 0 Å². The van der Waals surface area contributed by atoms with E-state index in [0.29, 0.717) is 47.5 Å². The Balaban J connectivity index is 1.71. The highest BCUT2D eigenvalue weighted by Gasteiger charge is 2.21. The molecular weight excluding hydrogens is 494 g/mol. The highest BCUT2D eigenvalue weighted by atomic mass is 35.5. The zero-order valence-electron chi connectivity index (χ0n) is 19.2. The Labute approximate surface area is 209 Å². The molecule has 1 atom stereocenters. The summed E-state index contributed by atoms with van der Waals surface area (Å²) in [6.45, 7) is 6.91. The standard InChI is InChI=1S/C21H26ClN9O3S/c1-12(31-3-5-34-6-4-31)14-8-17(20-27-13(2)28-21(23)30-20)19(25-9-14)29-16-7-15(10-26-35(32)33)18(22)24-11-16/h7-9,11-12,35H,3-6,10H2,1-2H3,(H,25,29)(H,26,32,33)(H2,23,27,28,30). The molecule has 1 fully saturated rings. The number of anilines is 3. The van der Waals surface area contributed by atoms with Crippen molar-refractivity contribution in [1.29, 1.82) is 0 Å². The normalized spacial score (nSPS) is 15.3. The molecule has 0 aromatic carbocycles. The molecule has 4 heterocycles. The molecule has 1 aliphatic rings.